The highest BCUT2D eigenvalue weighted by atomic mass is 16.5. The third-order valence-electron chi connectivity index (χ3n) is 3.68. The summed E-state index contributed by atoms with van der Waals surface area (Å²) in [5, 5.41) is 9.45. The van der Waals surface area contributed by atoms with E-state index in [-0.39, 0.29) is 12.0 Å². The smallest absolute Gasteiger partial charge is 0.236 e. The number of rotatable bonds is 7. The fourth-order valence-electron chi connectivity index (χ4n) is 2.40. The lowest BCUT2D eigenvalue weighted by Crippen LogP contribution is -2.38. The Morgan fingerprint density at radius 1 is 1.43 bits per heavy atom. The highest BCUT2D eigenvalue weighted by molar-refractivity contribution is 5.78. The monoisotopic (exact) mass is 292 g/mol. The highest BCUT2D eigenvalue weighted by Crippen LogP contribution is 2.09. The molecule has 1 aliphatic rings. The summed E-state index contributed by atoms with van der Waals surface area (Å²) in [6.07, 6.45) is 1.30. The summed E-state index contributed by atoms with van der Waals surface area (Å²) in [7, 11) is 1.82. The lowest BCUT2D eigenvalue weighted by Gasteiger charge is -2.21. The van der Waals surface area contributed by atoms with Gasteiger partial charge in [0.25, 0.3) is 0 Å². The molecule has 1 saturated heterocycles. The first-order valence-corrected chi connectivity index (χ1v) is 7.47. The highest BCUT2D eigenvalue weighted by Gasteiger charge is 2.23. The van der Waals surface area contributed by atoms with Crippen molar-refractivity contribution in [1.82, 2.24) is 9.80 Å². The molecule has 1 aromatic carbocycles. The molecule has 0 bridgehead atoms. The predicted octanol–water partition coefficient (Wildman–Crippen LogP) is 0.980. The van der Waals surface area contributed by atoms with Gasteiger partial charge in [-0.1, -0.05) is 18.2 Å². The summed E-state index contributed by atoms with van der Waals surface area (Å²) < 4.78 is 5.60. The van der Waals surface area contributed by atoms with Crippen molar-refractivity contribution in [1.29, 1.82) is 0 Å². The first kappa shape index (κ1) is 15.8. The number of carbonyl (C=O) groups is 1. The van der Waals surface area contributed by atoms with Gasteiger partial charge in [-0.2, -0.15) is 0 Å². The predicted molar refractivity (Wildman–Crippen MR) is 81.3 cm³/mol. The zero-order valence-electron chi connectivity index (χ0n) is 12.6. The Morgan fingerprint density at radius 2 is 2.19 bits per heavy atom. The molecule has 2 rings (SSSR count). The van der Waals surface area contributed by atoms with Gasteiger partial charge in [0, 0.05) is 26.7 Å². The van der Waals surface area contributed by atoms with Crippen molar-refractivity contribution >= 4 is 5.91 Å². The first-order chi connectivity index (χ1) is 10.1. The van der Waals surface area contributed by atoms with Gasteiger partial charge in [0.15, 0.2) is 0 Å². The maximum Gasteiger partial charge on any atom is 0.236 e. The van der Waals surface area contributed by atoms with Crippen LogP contribution in [0.5, 0.6) is 5.75 Å². The summed E-state index contributed by atoms with van der Waals surface area (Å²) in [4.78, 5) is 15.8. The summed E-state index contributed by atoms with van der Waals surface area (Å²) in [5.41, 5.74) is 0. The van der Waals surface area contributed by atoms with Crippen molar-refractivity contribution in [2.24, 2.45) is 0 Å². The number of carbonyl (C=O) groups excluding carboxylic acids is 1. The third kappa shape index (κ3) is 5.36. The summed E-state index contributed by atoms with van der Waals surface area (Å²) >= 11 is 0. The van der Waals surface area contributed by atoms with Crippen LogP contribution in [0.4, 0.5) is 0 Å². The molecule has 0 spiro atoms. The number of aliphatic hydroxyl groups is 1. The van der Waals surface area contributed by atoms with E-state index in [4.69, 9.17) is 4.74 Å². The van der Waals surface area contributed by atoms with Crippen LogP contribution in [0, 0.1) is 0 Å². The second-order valence-electron chi connectivity index (χ2n) is 5.51. The molecule has 0 unspecified atom stereocenters. The Labute approximate surface area is 126 Å². The van der Waals surface area contributed by atoms with Gasteiger partial charge in [0.1, 0.15) is 5.75 Å². The second kappa shape index (κ2) is 8.00. The third-order valence-corrected chi connectivity index (χ3v) is 3.68. The van der Waals surface area contributed by atoms with Crippen LogP contribution in [-0.4, -0.2) is 66.8 Å². The van der Waals surface area contributed by atoms with Gasteiger partial charge >= 0.3 is 0 Å². The van der Waals surface area contributed by atoms with Crippen LogP contribution < -0.4 is 4.74 Å². The largest absolute Gasteiger partial charge is 0.494 e. The van der Waals surface area contributed by atoms with Gasteiger partial charge in [-0.3, -0.25) is 9.69 Å². The fraction of sp³-hybridized carbons (Fsp3) is 0.562. The normalized spacial score (nSPS) is 18.7. The molecule has 5 heteroatoms. The van der Waals surface area contributed by atoms with E-state index in [0.717, 1.165) is 25.1 Å². The van der Waals surface area contributed by atoms with Crippen molar-refractivity contribution in [3.8, 4) is 5.75 Å². The molecule has 0 saturated carbocycles. The van der Waals surface area contributed by atoms with Crippen LogP contribution in [0.2, 0.25) is 0 Å². The lowest BCUT2D eigenvalue weighted by molar-refractivity contribution is -0.131. The van der Waals surface area contributed by atoms with Gasteiger partial charge in [-0.25, -0.2) is 0 Å². The second-order valence-corrected chi connectivity index (χ2v) is 5.51. The van der Waals surface area contributed by atoms with Crippen LogP contribution in [0.3, 0.4) is 0 Å². The molecule has 0 aromatic heterocycles. The summed E-state index contributed by atoms with van der Waals surface area (Å²) in [6, 6.07) is 9.68. The summed E-state index contributed by atoms with van der Waals surface area (Å²) in [5.74, 6) is 0.960. The minimum atomic E-state index is -0.276. The number of likely N-dealkylation sites (N-methyl/N-ethyl adjacent to an activating group) is 1. The van der Waals surface area contributed by atoms with Gasteiger partial charge in [0.2, 0.25) is 5.91 Å². The number of likely N-dealkylation sites (tertiary alicyclic amines) is 1. The topological polar surface area (TPSA) is 53.0 Å². The van der Waals surface area contributed by atoms with Crippen LogP contribution in [0.1, 0.15) is 12.8 Å². The molecular weight excluding hydrogens is 268 g/mol. The number of nitrogens with zero attached hydrogens (tertiary/aromatic N) is 2. The van der Waals surface area contributed by atoms with Gasteiger partial charge in [-0.15, -0.1) is 0 Å². The molecule has 1 fully saturated rings. The Bertz CT molecular complexity index is 438. The average molecular weight is 292 g/mol. The Kier molecular flexibility index (Phi) is 6.02. The molecule has 116 valence electrons. The minimum absolute atomic E-state index is 0.101. The molecule has 1 amide bonds. The fourth-order valence-corrected chi connectivity index (χ4v) is 2.40. The zero-order valence-corrected chi connectivity index (χ0v) is 12.6. The molecule has 1 heterocycles. The van der Waals surface area contributed by atoms with Gasteiger partial charge in [-0.05, 0) is 25.0 Å². The van der Waals surface area contributed by atoms with E-state index in [1.807, 2.05) is 42.3 Å². The van der Waals surface area contributed by atoms with Crippen molar-refractivity contribution < 1.29 is 14.6 Å². The maximum absolute atomic E-state index is 12.0. The molecule has 0 aliphatic carbocycles. The number of hydrogen-bond acceptors (Lipinski definition) is 4. The molecule has 21 heavy (non-hydrogen) atoms. The Hall–Kier alpha value is -1.59. The first-order valence-electron chi connectivity index (χ1n) is 7.47. The van der Waals surface area contributed by atoms with E-state index in [1.54, 1.807) is 4.90 Å². The van der Waals surface area contributed by atoms with E-state index in [2.05, 4.69) is 0 Å². The SMILES string of the molecule is CN(CCCOc1ccccc1)C(=O)CN1CC[C@H](O)C1. The Morgan fingerprint density at radius 3 is 2.86 bits per heavy atom. The molecule has 1 aliphatic heterocycles. The van der Waals surface area contributed by atoms with Crippen molar-refractivity contribution in [2.75, 3.05) is 39.8 Å². The molecule has 1 N–H and O–H groups in total. The Balaban J connectivity index is 1.60. The van der Waals surface area contributed by atoms with Gasteiger partial charge < -0.3 is 14.7 Å². The molecule has 0 radical (unpaired) electrons. The van der Waals surface area contributed by atoms with Crippen molar-refractivity contribution in [3.05, 3.63) is 30.3 Å². The van der Waals surface area contributed by atoms with Crippen LogP contribution in [0.15, 0.2) is 30.3 Å². The van der Waals surface area contributed by atoms with E-state index < -0.39 is 0 Å². The van der Waals surface area contributed by atoms with Gasteiger partial charge in [0.05, 0.1) is 19.3 Å². The number of β-amino-alcohol motifs (C(OH)–C–C–N with tert-alkyl or cyclic N) is 1. The number of amides is 1. The number of para-hydroxylation sites is 1. The molecule has 5 nitrogen and oxygen atoms in total. The number of benzene rings is 1. The van der Waals surface area contributed by atoms with E-state index in [1.165, 1.54) is 0 Å². The van der Waals surface area contributed by atoms with E-state index >= 15 is 0 Å². The average Bonchev–Trinajstić information content (AvgIpc) is 2.89. The number of aliphatic hydroxyl groups excluding tert-OH is 1. The molecule has 1 atom stereocenters. The maximum atomic E-state index is 12.0. The summed E-state index contributed by atoms with van der Waals surface area (Å²) in [6.45, 7) is 3.09. The zero-order chi connectivity index (χ0) is 15.1. The molecule has 1 aromatic rings. The minimum Gasteiger partial charge on any atom is -0.494 e. The van der Waals surface area contributed by atoms with Crippen LogP contribution in [-0.2, 0) is 4.79 Å². The molecular formula is C16H24N2O3. The van der Waals surface area contributed by atoms with Crippen LogP contribution in [0.25, 0.3) is 0 Å². The lowest BCUT2D eigenvalue weighted by atomic mass is 10.3. The number of hydrogen-bond donors (Lipinski definition) is 1. The van der Waals surface area contributed by atoms with Crippen molar-refractivity contribution in [3.63, 3.8) is 0 Å². The van der Waals surface area contributed by atoms with Crippen molar-refractivity contribution in [2.45, 2.75) is 18.9 Å². The standard InChI is InChI=1S/C16H24N2O3/c1-17(16(20)13-18-10-8-14(19)12-18)9-5-11-21-15-6-3-2-4-7-15/h2-4,6-7,14,19H,5,8-13H2,1H3/t14-/m0/s1. The van der Waals surface area contributed by atoms with E-state index in [9.17, 15) is 9.90 Å². The number of ether oxygens (including phenoxy) is 1. The van der Waals surface area contributed by atoms with Crippen LogP contribution >= 0.6 is 0 Å². The van der Waals surface area contributed by atoms with E-state index in [0.29, 0.717) is 26.2 Å². The quantitative estimate of drug-likeness (QED) is 0.761.